The Kier molecular flexibility index (Phi) is 5.21. The molecule has 4 heteroatoms. The summed E-state index contributed by atoms with van der Waals surface area (Å²) in [7, 11) is 1.66. The molecule has 0 unspecified atom stereocenters. The predicted octanol–water partition coefficient (Wildman–Crippen LogP) is 4.84. The first kappa shape index (κ1) is 17.9. The van der Waals surface area contributed by atoms with E-state index in [1.165, 1.54) is 0 Å². The number of benzene rings is 2. The van der Waals surface area contributed by atoms with Crippen molar-refractivity contribution in [2.45, 2.75) is 26.7 Å². The van der Waals surface area contributed by atoms with Crippen molar-refractivity contribution in [2.24, 2.45) is 5.41 Å². The van der Waals surface area contributed by atoms with Gasteiger partial charge in [-0.25, -0.2) is 0 Å². The van der Waals surface area contributed by atoms with Gasteiger partial charge in [0.05, 0.1) is 18.3 Å². The quantitative estimate of drug-likeness (QED) is 0.693. The van der Waals surface area contributed by atoms with Crippen LogP contribution in [0.2, 0.25) is 0 Å². The van der Waals surface area contributed by atoms with Crippen molar-refractivity contribution in [2.75, 3.05) is 12.4 Å². The molecular weight excluding hydrogens is 324 g/mol. The average molecular weight is 348 g/mol. The zero-order chi connectivity index (χ0) is 18.6. The largest absolute Gasteiger partial charge is 0.497 e. The van der Waals surface area contributed by atoms with Crippen molar-refractivity contribution < 1.29 is 9.53 Å². The monoisotopic (exact) mass is 348 g/mol. The Labute approximate surface area is 154 Å². The number of nitrogens with one attached hydrogen (secondary N) is 1. The lowest BCUT2D eigenvalue weighted by molar-refractivity contribution is -0.118. The second kappa shape index (κ2) is 7.56. The maximum absolute atomic E-state index is 12.6. The molecule has 0 atom stereocenters. The van der Waals surface area contributed by atoms with Crippen molar-refractivity contribution >= 4 is 22.5 Å². The summed E-state index contributed by atoms with van der Waals surface area (Å²) < 4.78 is 5.28. The molecule has 1 heterocycles. The highest BCUT2D eigenvalue weighted by atomic mass is 16.5. The van der Waals surface area contributed by atoms with Crippen LogP contribution in [0.5, 0.6) is 5.75 Å². The summed E-state index contributed by atoms with van der Waals surface area (Å²) in [6.45, 7) is 4.21. The molecule has 1 aromatic heterocycles. The number of anilines is 1. The second-order valence-electron chi connectivity index (χ2n) is 7.30. The smallest absolute Gasteiger partial charge is 0.224 e. The molecule has 1 N–H and O–H groups in total. The highest BCUT2D eigenvalue weighted by Crippen LogP contribution is 2.29. The van der Waals surface area contributed by atoms with Crippen LogP contribution in [0, 0.1) is 5.41 Å². The van der Waals surface area contributed by atoms with Gasteiger partial charge in [0, 0.05) is 18.0 Å². The second-order valence-corrected chi connectivity index (χ2v) is 7.30. The molecule has 1 amide bonds. The Morgan fingerprint density at radius 1 is 1.12 bits per heavy atom. The third-order valence-corrected chi connectivity index (χ3v) is 4.36. The van der Waals surface area contributed by atoms with E-state index in [0.717, 1.165) is 34.3 Å². The normalized spacial score (nSPS) is 11.3. The molecule has 0 aliphatic rings. The maximum atomic E-state index is 12.6. The number of hydrogen-bond donors (Lipinski definition) is 1. The van der Waals surface area contributed by atoms with Crippen LogP contribution in [0.1, 0.15) is 25.8 Å². The van der Waals surface area contributed by atoms with Gasteiger partial charge in [-0.3, -0.25) is 9.78 Å². The number of fused-ring (bicyclic) bond motifs is 1. The third kappa shape index (κ3) is 4.39. The Morgan fingerprint density at radius 2 is 1.88 bits per heavy atom. The van der Waals surface area contributed by atoms with Gasteiger partial charge in [-0.1, -0.05) is 44.2 Å². The minimum atomic E-state index is -0.172. The number of hydrogen-bond acceptors (Lipinski definition) is 3. The van der Waals surface area contributed by atoms with Crippen LogP contribution in [-0.4, -0.2) is 18.0 Å². The van der Waals surface area contributed by atoms with Crippen LogP contribution in [0.3, 0.4) is 0 Å². The Bertz CT molecular complexity index is 913. The zero-order valence-electron chi connectivity index (χ0n) is 15.5. The molecule has 2 aromatic carbocycles. The van der Waals surface area contributed by atoms with Gasteiger partial charge in [-0.05, 0) is 41.7 Å². The van der Waals surface area contributed by atoms with Gasteiger partial charge < -0.3 is 10.1 Å². The molecule has 0 saturated heterocycles. The number of ether oxygens (including phenoxy) is 1. The molecule has 4 nitrogen and oxygen atoms in total. The average Bonchev–Trinajstić information content (AvgIpc) is 2.61. The number of carbonyl (C=O) groups is 1. The van der Waals surface area contributed by atoms with E-state index >= 15 is 0 Å². The number of pyridine rings is 1. The van der Waals surface area contributed by atoms with E-state index in [-0.39, 0.29) is 11.3 Å². The fourth-order valence-electron chi connectivity index (χ4n) is 3.23. The number of amides is 1. The van der Waals surface area contributed by atoms with E-state index in [4.69, 9.17) is 4.74 Å². The lowest BCUT2D eigenvalue weighted by atomic mass is 9.82. The molecule has 0 aliphatic carbocycles. The molecule has 0 spiro atoms. The first-order valence-electron chi connectivity index (χ1n) is 8.73. The number of aromatic nitrogens is 1. The van der Waals surface area contributed by atoms with Gasteiger partial charge in [-0.15, -0.1) is 0 Å². The summed E-state index contributed by atoms with van der Waals surface area (Å²) in [5.74, 6) is 0.834. The van der Waals surface area contributed by atoms with Crippen molar-refractivity contribution in [1.29, 1.82) is 0 Å². The minimum Gasteiger partial charge on any atom is -0.497 e. The topological polar surface area (TPSA) is 51.2 Å². The zero-order valence-corrected chi connectivity index (χ0v) is 15.5. The summed E-state index contributed by atoms with van der Waals surface area (Å²) in [5, 5.41) is 4.04. The van der Waals surface area contributed by atoms with Crippen LogP contribution in [0.25, 0.3) is 10.9 Å². The fourth-order valence-corrected chi connectivity index (χ4v) is 3.23. The number of methoxy groups -OCH3 is 1. The van der Waals surface area contributed by atoms with E-state index < -0.39 is 0 Å². The molecule has 26 heavy (non-hydrogen) atoms. The van der Waals surface area contributed by atoms with Crippen LogP contribution < -0.4 is 10.1 Å². The van der Waals surface area contributed by atoms with Gasteiger partial charge >= 0.3 is 0 Å². The highest BCUT2D eigenvalue weighted by Gasteiger charge is 2.23. The molecule has 3 rings (SSSR count). The summed E-state index contributed by atoms with van der Waals surface area (Å²) in [5.41, 5.74) is 2.56. The number of rotatable bonds is 6. The lowest BCUT2D eigenvalue weighted by Gasteiger charge is -2.24. The molecule has 0 fully saturated rings. The molecule has 0 bridgehead atoms. The Morgan fingerprint density at radius 3 is 2.69 bits per heavy atom. The highest BCUT2D eigenvalue weighted by molar-refractivity contribution is 6.00. The molecule has 0 radical (unpaired) electrons. The van der Waals surface area contributed by atoms with Crippen LogP contribution >= 0.6 is 0 Å². The summed E-state index contributed by atoms with van der Waals surface area (Å²) in [6.07, 6.45) is 2.96. The number of nitrogens with zero attached hydrogens (tertiary/aromatic N) is 1. The van der Waals surface area contributed by atoms with Crippen molar-refractivity contribution in [3.8, 4) is 5.75 Å². The van der Waals surface area contributed by atoms with E-state index in [1.54, 1.807) is 13.3 Å². The van der Waals surface area contributed by atoms with E-state index in [9.17, 15) is 4.79 Å². The lowest BCUT2D eigenvalue weighted by Crippen LogP contribution is -2.24. The standard InChI is InChI=1S/C22H24N2O2/c1-22(2,14-16-7-4-10-18(13-16)26-3)15-20(25)24-19-11-5-8-17-9-6-12-23-21(17)19/h4-13H,14-15H2,1-3H3,(H,24,25). The first-order valence-corrected chi connectivity index (χ1v) is 8.73. The van der Waals surface area contributed by atoms with Crippen molar-refractivity contribution in [3.63, 3.8) is 0 Å². The van der Waals surface area contributed by atoms with Gasteiger partial charge in [-0.2, -0.15) is 0 Å². The van der Waals surface area contributed by atoms with Gasteiger partial charge in [0.25, 0.3) is 0 Å². The van der Waals surface area contributed by atoms with E-state index in [1.807, 2.05) is 48.5 Å². The summed E-state index contributed by atoms with van der Waals surface area (Å²) in [4.78, 5) is 17.0. The van der Waals surface area contributed by atoms with Gasteiger partial charge in [0.15, 0.2) is 0 Å². The van der Waals surface area contributed by atoms with Crippen LogP contribution in [0.4, 0.5) is 5.69 Å². The summed E-state index contributed by atoms with van der Waals surface area (Å²) in [6, 6.07) is 17.7. The van der Waals surface area contributed by atoms with Gasteiger partial charge in [0.1, 0.15) is 5.75 Å². The van der Waals surface area contributed by atoms with Crippen LogP contribution in [-0.2, 0) is 11.2 Å². The van der Waals surface area contributed by atoms with E-state index in [0.29, 0.717) is 6.42 Å². The molecular formula is C22H24N2O2. The summed E-state index contributed by atoms with van der Waals surface area (Å²) >= 11 is 0. The Balaban J connectivity index is 1.69. The van der Waals surface area contributed by atoms with E-state index in [2.05, 4.69) is 30.2 Å². The van der Waals surface area contributed by atoms with Crippen LogP contribution in [0.15, 0.2) is 60.8 Å². The minimum absolute atomic E-state index is 0.00366. The molecule has 0 aliphatic heterocycles. The Hall–Kier alpha value is -2.88. The fraction of sp³-hybridized carbons (Fsp3) is 0.273. The van der Waals surface area contributed by atoms with Gasteiger partial charge in [0.2, 0.25) is 5.91 Å². The third-order valence-electron chi connectivity index (χ3n) is 4.36. The van der Waals surface area contributed by atoms with Crippen molar-refractivity contribution in [3.05, 3.63) is 66.4 Å². The first-order chi connectivity index (χ1) is 12.5. The number of carbonyl (C=O) groups excluding carboxylic acids is 1. The molecule has 3 aromatic rings. The SMILES string of the molecule is COc1cccc(CC(C)(C)CC(=O)Nc2cccc3cccnc23)c1. The van der Waals surface area contributed by atoms with Crippen molar-refractivity contribution in [1.82, 2.24) is 4.98 Å². The number of para-hydroxylation sites is 1. The maximum Gasteiger partial charge on any atom is 0.224 e. The molecule has 134 valence electrons. The predicted molar refractivity (Wildman–Crippen MR) is 105 cm³/mol. The molecule has 0 saturated carbocycles.